The van der Waals surface area contributed by atoms with Crippen molar-refractivity contribution in [3.63, 3.8) is 0 Å². The van der Waals surface area contributed by atoms with Crippen LogP contribution in [0.25, 0.3) is 0 Å². The van der Waals surface area contributed by atoms with E-state index >= 15 is 0 Å². The molecule has 0 spiro atoms. The average Bonchev–Trinajstić information content (AvgIpc) is 2.29. The number of ether oxygens (including phenoxy) is 2. The van der Waals surface area contributed by atoms with Crippen molar-refractivity contribution in [3.05, 3.63) is 0 Å². The normalized spacial score (nSPS) is 27.4. The lowest BCUT2D eigenvalue weighted by Crippen LogP contribution is -2.38. The van der Waals surface area contributed by atoms with Gasteiger partial charge in [-0.25, -0.2) is 0 Å². The van der Waals surface area contributed by atoms with Gasteiger partial charge < -0.3 is 20.3 Å². The van der Waals surface area contributed by atoms with Crippen molar-refractivity contribution in [2.45, 2.75) is 50.4 Å². The highest BCUT2D eigenvalue weighted by Crippen LogP contribution is 2.23. The zero-order valence-electron chi connectivity index (χ0n) is 9.72. The topological polar surface area (TPSA) is 81.8 Å². The smallest absolute Gasteiger partial charge is 0.323 e. The molecule has 5 nitrogen and oxygen atoms in total. The highest BCUT2D eigenvalue weighted by molar-refractivity contribution is 5.75. The zero-order chi connectivity index (χ0) is 12.0. The monoisotopic (exact) mass is 231 g/mol. The third kappa shape index (κ3) is 4.08. The van der Waals surface area contributed by atoms with Crippen molar-refractivity contribution in [1.29, 1.82) is 0 Å². The molecule has 0 aliphatic heterocycles. The number of hydrogen-bond donors (Lipinski definition) is 2. The number of nitrogens with two attached hydrogens (primary N) is 1. The Hall–Kier alpha value is -0.650. The summed E-state index contributed by atoms with van der Waals surface area (Å²) in [4.78, 5) is 11.5. The summed E-state index contributed by atoms with van der Waals surface area (Å²) in [7, 11) is 1.67. The molecule has 0 radical (unpaired) electrons. The van der Waals surface area contributed by atoms with Gasteiger partial charge in [0.1, 0.15) is 12.1 Å². The Bertz CT molecular complexity index is 222. The van der Waals surface area contributed by atoms with Gasteiger partial charge in [-0.1, -0.05) is 0 Å². The molecule has 0 aromatic heterocycles. The third-order valence-corrected chi connectivity index (χ3v) is 2.94. The molecule has 94 valence electrons. The minimum Gasteiger partial charge on any atom is -0.461 e. The Morgan fingerprint density at radius 2 is 2.19 bits per heavy atom. The van der Waals surface area contributed by atoms with E-state index in [1.54, 1.807) is 7.11 Å². The fraction of sp³-hybridized carbons (Fsp3) is 0.909. The molecule has 1 fully saturated rings. The number of aliphatic hydroxyl groups is 1. The fourth-order valence-corrected chi connectivity index (χ4v) is 1.93. The summed E-state index contributed by atoms with van der Waals surface area (Å²) in [6.07, 6.45) is 3.99. The molecule has 0 heterocycles. The van der Waals surface area contributed by atoms with Crippen LogP contribution in [-0.4, -0.2) is 43.0 Å². The molecule has 3 N–H and O–H groups in total. The van der Waals surface area contributed by atoms with Crippen molar-refractivity contribution < 1.29 is 19.4 Å². The molecule has 0 aromatic carbocycles. The van der Waals surface area contributed by atoms with E-state index in [1.165, 1.54) is 0 Å². The zero-order valence-corrected chi connectivity index (χ0v) is 9.72. The largest absolute Gasteiger partial charge is 0.461 e. The molecule has 0 bridgehead atoms. The number of aliphatic hydroxyl groups excluding tert-OH is 1. The summed E-state index contributed by atoms with van der Waals surface area (Å²) in [6, 6.07) is -0.715. The first-order valence-corrected chi connectivity index (χ1v) is 5.77. The van der Waals surface area contributed by atoms with E-state index in [0.717, 1.165) is 25.7 Å². The second-order valence-corrected chi connectivity index (χ2v) is 4.20. The number of carbonyl (C=O) groups excluding carboxylic acids is 1. The van der Waals surface area contributed by atoms with Crippen LogP contribution in [0.1, 0.15) is 32.1 Å². The Morgan fingerprint density at radius 3 is 2.81 bits per heavy atom. The van der Waals surface area contributed by atoms with Gasteiger partial charge in [0.2, 0.25) is 0 Å². The van der Waals surface area contributed by atoms with E-state index in [2.05, 4.69) is 0 Å². The molecule has 5 heteroatoms. The predicted octanol–water partition coefficient (Wildman–Crippen LogP) is 0.197. The van der Waals surface area contributed by atoms with Crippen molar-refractivity contribution in [2.24, 2.45) is 5.73 Å². The Labute approximate surface area is 95.9 Å². The summed E-state index contributed by atoms with van der Waals surface area (Å²) >= 11 is 0. The van der Waals surface area contributed by atoms with Gasteiger partial charge in [0.25, 0.3) is 0 Å². The van der Waals surface area contributed by atoms with Gasteiger partial charge in [-0.2, -0.15) is 0 Å². The minimum absolute atomic E-state index is 0.0871. The molecule has 0 saturated heterocycles. The number of hydrogen-bond acceptors (Lipinski definition) is 5. The van der Waals surface area contributed by atoms with Crippen LogP contribution in [0.4, 0.5) is 0 Å². The molecule has 1 aliphatic carbocycles. The summed E-state index contributed by atoms with van der Waals surface area (Å²) in [5.74, 6) is -0.421. The summed E-state index contributed by atoms with van der Waals surface area (Å²) in [5.41, 5.74) is 5.55. The SMILES string of the molecule is COC1CCCC(OC(=O)[C@H](N)CCO)C1. The molecule has 1 aliphatic rings. The summed E-state index contributed by atoms with van der Waals surface area (Å²) in [5, 5.41) is 8.66. The number of rotatable bonds is 5. The second-order valence-electron chi connectivity index (χ2n) is 4.20. The van der Waals surface area contributed by atoms with Gasteiger partial charge in [-0.3, -0.25) is 4.79 Å². The van der Waals surface area contributed by atoms with E-state index in [9.17, 15) is 4.79 Å². The maximum atomic E-state index is 11.5. The molecule has 2 unspecified atom stereocenters. The van der Waals surface area contributed by atoms with Gasteiger partial charge in [-0.15, -0.1) is 0 Å². The Balaban J connectivity index is 2.32. The van der Waals surface area contributed by atoms with E-state index in [4.69, 9.17) is 20.3 Å². The van der Waals surface area contributed by atoms with Crippen LogP contribution in [0, 0.1) is 0 Å². The van der Waals surface area contributed by atoms with Gasteiger partial charge >= 0.3 is 5.97 Å². The van der Waals surface area contributed by atoms with E-state index in [0.29, 0.717) is 0 Å². The lowest BCUT2D eigenvalue weighted by atomic mass is 9.95. The average molecular weight is 231 g/mol. The highest BCUT2D eigenvalue weighted by atomic mass is 16.5. The van der Waals surface area contributed by atoms with Crippen LogP contribution in [0.5, 0.6) is 0 Å². The number of carbonyl (C=O) groups is 1. The summed E-state index contributed by atoms with van der Waals surface area (Å²) in [6.45, 7) is -0.0956. The fourth-order valence-electron chi connectivity index (χ4n) is 1.93. The summed E-state index contributed by atoms with van der Waals surface area (Å²) < 4.78 is 10.5. The van der Waals surface area contributed by atoms with Crippen molar-refractivity contribution in [3.8, 4) is 0 Å². The van der Waals surface area contributed by atoms with Crippen LogP contribution in [0.15, 0.2) is 0 Å². The first-order valence-electron chi connectivity index (χ1n) is 5.77. The van der Waals surface area contributed by atoms with Crippen LogP contribution in [-0.2, 0) is 14.3 Å². The van der Waals surface area contributed by atoms with Crippen molar-refractivity contribution in [1.82, 2.24) is 0 Å². The molecule has 16 heavy (non-hydrogen) atoms. The van der Waals surface area contributed by atoms with Gasteiger partial charge in [-0.05, 0) is 25.7 Å². The molecule has 0 amide bonds. The lowest BCUT2D eigenvalue weighted by molar-refractivity contribution is -0.154. The van der Waals surface area contributed by atoms with Gasteiger partial charge in [0.15, 0.2) is 0 Å². The maximum Gasteiger partial charge on any atom is 0.323 e. The standard InChI is InChI=1S/C11H21NO4/c1-15-8-3-2-4-9(7-8)16-11(14)10(12)5-6-13/h8-10,13H,2-7,12H2,1H3/t8?,9?,10-/m1/s1. The van der Waals surface area contributed by atoms with E-state index in [-0.39, 0.29) is 25.2 Å². The van der Waals surface area contributed by atoms with Crippen molar-refractivity contribution >= 4 is 5.97 Å². The molecular formula is C11H21NO4. The molecule has 1 saturated carbocycles. The van der Waals surface area contributed by atoms with Crippen LogP contribution in [0.2, 0.25) is 0 Å². The second kappa shape index (κ2) is 6.83. The number of methoxy groups -OCH3 is 1. The van der Waals surface area contributed by atoms with Crippen LogP contribution in [0.3, 0.4) is 0 Å². The van der Waals surface area contributed by atoms with E-state index in [1.807, 2.05) is 0 Å². The number of esters is 1. The van der Waals surface area contributed by atoms with Gasteiger partial charge in [0, 0.05) is 20.1 Å². The molecule has 0 aromatic rings. The first kappa shape index (κ1) is 13.4. The quantitative estimate of drug-likeness (QED) is 0.660. The van der Waals surface area contributed by atoms with Crippen molar-refractivity contribution in [2.75, 3.05) is 13.7 Å². The molecule has 1 rings (SSSR count). The Kier molecular flexibility index (Phi) is 5.73. The van der Waals surface area contributed by atoms with E-state index < -0.39 is 12.0 Å². The maximum absolute atomic E-state index is 11.5. The van der Waals surface area contributed by atoms with Crippen LogP contribution >= 0.6 is 0 Å². The third-order valence-electron chi connectivity index (χ3n) is 2.94. The first-order chi connectivity index (χ1) is 7.67. The lowest BCUT2D eigenvalue weighted by Gasteiger charge is -2.28. The minimum atomic E-state index is -0.715. The Morgan fingerprint density at radius 1 is 1.50 bits per heavy atom. The van der Waals surface area contributed by atoms with Gasteiger partial charge in [0.05, 0.1) is 6.10 Å². The predicted molar refractivity (Wildman–Crippen MR) is 58.8 cm³/mol. The molecular weight excluding hydrogens is 210 g/mol. The highest BCUT2D eigenvalue weighted by Gasteiger charge is 2.26. The molecule has 3 atom stereocenters. The van der Waals surface area contributed by atoms with Crippen LogP contribution < -0.4 is 5.73 Å².